The van der Waals surface area contributed by atoms with Gasteiger partial charge in [0.2, 0.25) is 0 Å². The van der Waals surface area contributed by atoms with Gasteiger partial charge in [-0.3, -0.25) is 0 Å². The van der Waals surface area contributed by atoms with Gasteiger partial charge >= 0.3 is 0 Å². The van der Waals surface area contributed by atoms with Gasteiger partial charge in [0.25, 0.3) is 0 Å². The fourth-order valence-electron chi connectivity index (χ4n) is 1.25. The lowest BCUT2D eigenvalue weighted by Gasteiger charge is -2.13. The van der Waals surface area contributed by atoms with Crippen molar-refractivity contribution in [3.63, 3.8) is 0 Å². The van der Waals surface area contributed by atoms with Crippen molar-refractivity contribution >= 4 is 21.6 Å². The van der Waals surface area contributed by atoms with E-state index in [4.69, 9.17) is 0 Å². The summed E-state index contributed by atoms with van der Waals surface area (Å²) < 4.78 is 1.14. The fraction of sp³-hybridized carbons (Fsp3) is 0.500. The molecule has 0 bridgehead atoms. The zero-order valence-corrected chi connectivity index (χ0v) is 10.7. The van der Waals surface area contributed by atoms with Gasteiger partial charge in [-0.05, 0) is 36.6 Å². The van der Waals surface area contributed by atoms with Crippen LogP contribution in [0.15, 0.2) is 22.7 Å². The predicted octanol–water partition coefficient (Wildman–Crippen LogP) is 4.22. The Hall–Kier alpha value is -0.500. The molecule has 1 nitrogen and oxygen atoms in total. The highest BCUT2D eigenvalue weighted by molar-refractivity contribution is 9.10. The minimum absolute atomic E-state index is 0.734. The van der Waals surface area contributed by atoms with E-state index in [1.54, 1.807) is 0 Å². The average Bonchev–Trinajstić information content (AvgIpc) is 2.16. The number of benzene rings is 1. The molecule has 1 aromatic rings. The fourth-order valence-corrected chi connectivity index (χ4v) is 1.73. The summed E-state index contributed by atoms with van der Waals surface area (Å²) in [7, 11) is 0. The molecule has 1 unspecified atom stereocenters. The van der Waals surface area contributed by atoms with E-state index in [-0.39, 0.29) is 0 Å². The quantitative estimate of drug-likeness (QED) is 0.850. The molecule has 0 fully saturated rings. The van der Waals surface area contributed by atoms with Crippen LogP contribution in [0.2, 0.25) is 0 Å². The minimum Gasteiger partial charge on any atom is -0.385 e. The van der Waals surface area contributed by atoms with Crippen LogP contribution in [0.5, 0.6) is 0 Å². The van der Waals surface area contributed by atoms with Crippen LogP contribution in [0.1, 0.15) is 25.8 Å². The highest BCUT2D eigenvalue weighted by atomic mass is 79.9. The van der Waals surface area contributed by atoms with Gasteiger partial charge in [0.05, 0.1) is 0 Å². The van der Waals surface area contributed by atoms with Crippen LogP contribution in [0, 0.1) is 12.8 Å². The van der Waals surface area contributed by atoms with Crippen molar-refractivity contribution in [3.8, 4) is 0 Å². The number of aryl methyl sites for hydroxylation is 1. The van der Waals surface area contributed by atoms with E-state index in [9.17, 15) is 0 Å². The molecule has 78 valence electrons. The van der Waals surface area contributed by atoms with E-state index >= 15 is 0 Å². The Morgan fingerprint density at radius 3 is 2.71 bits per heavy atom. The van der Waals surface area contributed by atoms with Crippen molar-refractivity contribution in [1.82, 2.24) is 0 Å². The summed E-state index contributed by atoms with van der Waals surface area (Å²) in [6.45, 7) is 7.67. The van der Waals surface area contributed by atoms with E-state index < -0.39 is 0 Å². The summed E-state index contributed by atoms with van der Waals surface area (Å²) in [5.74, 6) is 0.734. The first-order chi connectivity index (χ1) is 6.63. The second-order valence-corrected chi connectivity index (χ2v) is 4.77. The molecule has 0 amide bonds. The minimum atomic E-state index is 0.734. The topological polar surface area (TPSA) is 12.0 Å². The molecule has 0 spiro atoms. The largest absolute Gasteiger partial charge is 0.385 e. The monoisotopic (exact) mass is 255 g/mol. The van der Waals surface area contributed by atoms with Gasteiger partial charge in [-0.1, -0.05) is 36.2 Å². The molecule has 0 aromatic heterocycles. The lowest BCUT2D eigenvalue weighted by Crippen LogP contribution is -2.10. The van der Waals surface area contributed by atoms with Gasteiger partial charge in [0.15, 0.2) is 0 Å². The first-order valence-electron chi connectivity index (χ1n) is 5.13. The standard InChI is InChI=1S/C12H18BrN/c1-4-9(2)8-14-12-6-5-11(13)7-10(12)3/h5-7,9,14H,4,8H2,1-3H3. The Bertz CT molecular complexity index is 296. The van der Waals surface area contributed by atoms with E-state index in [2.05, 4.69) is 60.2 Å². The number of nitrogens with one attached hydrogen (secondary N) is 1. The lowest BCUT2D eigenvalue weighted by atomic mass is 10.1. The van der Waals surface area contributed by atoms with Crippen LogP contribution in [0.3, 0.4) is 0 Å². The maximum Gasteiger partial charge on any atom is 0.0370 e. The van der Waals surface area contributed by atoms with E-state index in [0.29, 0.717) is 0 Å². The Labute approximate surface area is 95.0 Å². The van der Waals surface area contributed by atoms with Crippen LogP contribution < -0.4 is 5.32 Å². The lowest BCUT2D eigenvalue weighted by molar-refractivity contribution is 0.593. The molecule has 0 aliphatic heterocycles. The van der Waals surface area contributed by atoms with Gasteiger partial charge in [-0.2, -0.15) is 0 Å². The number of hydrogen-bond donors (Lipinski definition) is 1. The molecule has 14 heavy (non-hydrogen) atoms. The first-order valence-corrected chi connectivity index (χ1v) is 5.92. The van der Waals surface area contributed by atoms with Gasteiger partial charge in [-0.15, -0.1) is 0 Å². The van der Waals surface area contributed by atoms with Crippen LogP contribution >= 0.6 is 15.9 Å². The molecule has 0 aliphatic carbocycles. The number of halogens is 1. The van der Waals surface area contributed by atoms with E-state index in [1.807, 2.05) is 0 Å². The highest BCUT2D eigenvalue weighted by Crippen LogP contribution is 2.20. The summed E-state index contributed by atoms with van der Waals surface area (Å²) in [6, 6.07) is 6.34. The maximum atomic E-state index is 3.47. The second-order valence-electron chi connectivity index (χ2n) is 3.85. The van der Waals surface area contributed by atoms with Crippen LogP contribution in [-0.4, -0.2) is 6.54 Å². The summed E-state index contributed by atoms with van der Waals surface area (Å²) in [4.78, 5) is 0. The molecule has 1 N–H and O–H groups in total. The molecule has 0 radical (unpaired) electrons. The summed E-state index contributed by atoms with van der Waals surface area (Å²) in [5, 5.41) is 3.47. The average molecular weight is 256 g/mol. The molecule has 0 aliphatic rings. The third kappa shape index (κ3) is 3.33. The third-order valence-electron chi connectivity index (χ3n) is 2.53. The number of anilines is 1. The van der Waals surface area contributed by atoms with Crippen molar-refractivity contribution in [3.05, 3.63) is 28.2 Å². The molecular weight excluding hydrogens is 238 g/mol. The van der Waals surface area contributed by atoms with Crippen molar-refractivity contribution in [2.24, 2.45) is 5.92 Å². The van der Waals surface area contributed by atoms with E-state index in [0.717, 1.165) is 16.9 Å². The van der Waals surface area contributed by atoms with Gasteiger partial charge in [-0.25, -0.2) is 0 Å². The molecule has 0 saturated carbocycles. The Morgan fingerprint density at radius 2 is 2.14 bits per heavy atom. The number of hydrogen-bond acceptors (Lipinski definition) is 1. The second kappa shape index (κ2) is 5.40. The first kappa shape index (κ1) is 11.6. The Morgan fingerprint density at radius 1 is 1.43 bits per heavy atom. The smallest absolute Gasteiger partial charge is 0.0370 e. The molecule has 1 aromatic carbocycles. The van der Waals surface area contributed by atoms with Crippen molar-refractivity contribution < 1.29 is 0 Å². The van der Waals surface area contributed by atoms with Crippen LogP contribution in [0.4, 0.5) is 5.69 Å². The summed E-state index contributed by atoms with van der Waals surface area (Å²) in [5.41, 5.74) is 2.54. The molecular formula is C12H18BrN. The Balaban J connectivity index is 2.59. The zero-order valence-electron chi connectivity index (χ0n) is 9.10. The van der Waals surface area contributed by atoms with Crippen LogP contribution in [-0.2, 0) is 0 Å². The maximum absolute atomic E-state index is 3.47. The van der Waals surface area contributed by atoms with Crippen LogP contribution in [0.25, 0.3) is 0 Å². The summed E-state index contributed by atoms with van der Waals surface area (Å²) >= 11 is 3.46. The van der Waals surface area contributed by atoms with Crippen molar-refractivity contribution in [2.45, 2.75) is 27.2 Å². The van der Waals surface area contributed by atoms with Gasteiger partial charge in [0, 0.05) is 16.7 Å². The predicted molar refractivity (Wildman–Crippen MR) is 66.8 cm³/mol. The molecule has 0 saturated heterocycles. The zero-order chi connectivity index (χ0) is 10.6. The third-order valence-corrected chi connectivity index (χ3v) is 3.02. The molecule has 1 atom stereocenters. The normalized spacial score (nSPS) is 12.6. The molecule has 2 heteroatoms. The molecule has 0 heterocycles. The summed E-state index contributed by atoms with van der Waals surface area (Å²) in [6.07, 6.45) is 1.22. The SMILES string of the molecule is CCC(C)CNc1ccc(Br)cc1C. The van der Waals surface area contributed by atoms with E-state index in [1.165, 1.54) is 17.7 Å². The van der Waals surface area contributed by atoms with Gasteiger partial charge in [0.1, 0.15) is 0 Å². The van der Waals surface area contributed by atoms with Gasteiger partial charge < -0.3 is 5.32 Å². The Kier molecular flexibility index (Phi) is 4.46. The molecule has 1 rings (SSSR count). The van der Waals surface area contributed by atoms with Crippen molar-refractivity contribution in [2.75, 3.05) is 11.9 Å². The van der Waals surface area contributed by atoms with Crippen molar-refractivity contribution in [1.29, 1.82) is 0 Å². The highest BCUT2D eigenvalue weighted by Gasteiger charge is 2.01. The number of rotatable bonds is 4.